The Hall–Kier alpha value is -2.80. The molecule has 0 saturated heterocycles. The van der Waals surface area contributed by atoms with E-state index in [1.54, 1.807) is 11.1 Å². The van der Waals surface area contributed by atoms with Crippen LogP contribution in [-0.4, -0.2) is 4.98 Å². The van der Waals surface area contributed by atoms with Crippen molar-refractivity contribution < 1.29 is 0 Å². The lowest BCUT2D eigenvalue weighted by Gasteiger charge is -2.28. The number of benzene rings is 3. The quantitative estimate of drug-likeness (QED) is 0.262. The number of aromatic amines is 1. The van der Waals surface area contributed by atoms with Crippen LogP contribution in [0.25, 0.3) is 27.4 Å². The summed E-state index contributed by atoms with van der Waals surface area (Å²) < 4.78 is 0. The van der Waals surface area contributed by atoms with E-state index in [2.05, 4.69) is 93.3 Å². The molecule has 1 nitrogen and oxygen atoms in total. The van der Waals surface area contributed by atoms with Crippen molar-refractivity contribution in [2.45, 2.75) is 104 Å². The molecule has 0 aliphatic heterocycles. The largest absolute Gasteiger partial charge is 0.355 e. The summed E-state index contributed by atoms with van der Waals surface area (Å²) in [6.45, 7) is 9.50. The average molecular weight is 518 g/mol. The van der Waals surface area contributed by atoms with Crippen LogP contribution in [0, 0.1) is 11.8 Å². The molecule has 4 aromatic rings. The zero-order valence-electron chi connectivity index (χ0n) is 24.7. The fraction of sp³-hybridized carbons (Fsp3) is 0.474. The minimum atomic E-state index is 0.179. The highest BCUT2D eigenvalue weighted by Crippen LogP contribution is 2.42. The van der Waals surface area contributed by atoms with E-state index >= 15 is 0 Å². The van der Waals surface area contributed by atoms with Crippen LogP contribution in [0.15, 0.2) is 66.2 Å². The number of nitrogens with one attached hydrogen (secondary N) is 1. The Balaban J connectivity index is 1.52. The standard InChI is InChI=1S/C38H47N/c1-5-38(3,4)30-20-22-36-34(25-30)33-24-29(19-21-35(33)39-36)37(31-17-11-9-13-26(31)2)32-18-12-10-16-28(32)23-27-14-7-6-8-15-27/h10,12,16,18-22,24-27,39H,5-9,11,13-15,17,23H2,1-4H3/b37-31-. The summed E-state index contributed by atoms with van der Waals surface area (Å²) in [6, 6.07) is 23.7. The molecule has 1 unspecified atom stereocenters. The summed E-state index contributed by atoms with van der Waals surface area (Å²) in [5, 5.41) is 2.73. The molecule has 0 amide bonds. The second-order valence-corrected chi connectivity index (χ2v) is 13.3. The van der Waals surface area contributed by atoms with Crippen LogP contribution in [-0.2, 0) is 11.8 Å². The Morgan fingerprint density at radius 3 is 2.31 bits per heavy atom. The van der Waals surface area contributed by atoms with E-state index in [0.717, 1.165) is 12.3 Å². The predicted molar refractivity (Wildman–Crippen MR) is 169 cm³/mol. The first-order chi connectivity index (χ1) is 18.9. The van der Waals surface area contributed by atoms with Crippen molar-refractivity contribution in [1.29, 1.82) is 0 Å². The zero-order valence-corrected chi connectivity index (χ0v) is 24.7. The summed E-state index contributed by atoms with van der Waals surface area (Å²) in [4.78, 5) is 3.72. The topological polar surface area (TPSA) is 15.8 Å². The number of fused-ring (bicyclic) bond motifs is 3. The fourth-order valence-corrected chi connectivity index (χ4v) is 7.39. The molecular formula is C38H47N. The van der Waals surface area contributed by atoms with Crippen LogP contribution in [0.1, 0.15) is 114 Å². The Morgan fingerprint density at radius 1 is 0.821 bits per heavy atom. The lowest BCUT2D eigenvalue weighted by Crippen LogP contribution is -2.14. The van der Waals surface area contributed by atoms with Gasteiger partial charge < -0.3 is 4.98 Å². The number of hydrogen-bond acceptors (Lipinski definition) is 0. The van der Waals surface area contributed by atoms with Gasteiger partial charge in [0.1, 0.15) is 0 Å². The molecule has 1 heterocycles. The molecule has 0 bridgehead atoms. The summed E-state index contributed by atoms with van der Waals surface area (Å²) in [5.74, 6) is 1.48. The molecule has 1 atom stereocenters. The van der Waals surface area contributed by atoms with E-state index in [4.69, 9.17) is 0 Å². The van der Waals surface area contributed by atoms with Crippen molar-refractivity contribution in [3.05, 3.63) is 88.5 Å². The molecule has 2 aliphatic carbocycles. The molecule has 1 aromatic heterocycles. The first-order valence-corrected chi connectivity index (χ1v) is 15.8. The van der Waals surface area contributed by atoms with Gasteiger partial charge in [0.2, 0.25) is 0 Å². The second-order valence-electron chi connectivity index (χ2n) is 13.3. The molecule has 3 aromatic carbocycles. The molecule has 0 spiro atoms. The highest BCUT2D eigenvalue weighted by atomic mass is 14.7. The van der Waals surface area contributed by atoms with Crippen LogP contribution in [0.2, 0.25) is 0 Å². The minimum absolute atomic E-state index is 0.179. The summed E-state index contributed by atoms with van der Waals surface area (Å²) in [7, 11) is 0. The van der Waals surface area contributed by atoms with E-state index < -0.39 is 0 Å². The second kappa shape index (κ2) is 11.0. The Bertz CT molecular complexity index is 1490. The van der Waals surface area contributed by atoms with Crippen LogP contribution in [0.4, 0.5) is 0 Å². The van der Waals surface area contributed by atoms with Gasteiger partial charge in [0.15, 0.2) is 0 Å². The van der Waals surface area contributed by atoms with Gasteiger partial charge in [0.25, 0.3) is 0 Å². The van der Waals surface area contributed by atoms with E-state index in [1.165, 1.54) is 108 Å². The molecule has 6 rings (SSSR count). The predicted octanol–water partition coefficient (Wildman–Crippen LogP) is 11.1. The molecular weight excluding hydrogens is 470 g/mol. The first-order valence-electron chi connectivity index (χ1n) is 15.8. The molecule has 39 heavy (non-hydrogen) atoms. The zero-order chi connectivity index (χ0) is 27.0. The smallest absolute Gasteiger partial charge is 0.0465 e. The maximum absolute atomic E-state index is 3.72. The molecule has 1 N–H and O–H groups in total. The van der Waals surface area contributed by atoms with E-state index in [9.17, 15) is 0 Å². The van der Waals surface area contributed by atoms with E-state index in [1.807, 2.05) is 0 Å². The number of rotatable bonds is 6. The maximum atomic E-state index is 3.72. The van der Waals surface area contributed by atoms with Gasteiger partial charge in [-0.2, -0.15) is 0 Å². The normalized spacial score (nSPS) is 20.6. The van der Waals surface area contributed by atoms with Crippen LogP contribution in [0.5, 0.6) is 0 Å². The lowest BCUT2D eigenvalue weighted by atomic mass is 9.76. The molecule has 204 valence electrons. The monoisotopic (exact) mass is 517 g/mol. The molecule has 2 saturated carbocycles. The van der Waals surface area contributed by atoms with Gasteiger partial charge in [-0.15, -0.1) is 0 Å². The highest BCUT2D eigenvalue weighted by Gasteiger charge is 2.24. The summed E-state index contributed by atoms with van der Waals surface area (Å²) in [5.41, 5.74) is 11.8. The van der Waals surface area contributed by atoms with Crippen molar-refractivity contribution in [2.24, 2.45) is 11.8 Å². The van der Waals surface area contributed by atoms with Gasteiger partial charge in [-0.05, 0) is 101 Å². The average Bonchev–Trinajstić information content (AvgIpc) is 3.33. The maximum Gasteiger partial charge on any atom is 0.0465 e. The number of allylic oxidation sites excluding steroid dienone is 1. The number of aromatic nitrogens is 1. The first kappa shape index (κ1) is 26.4. The van der Waals surface area contributed by atoms with E-state index in [-0.39, 0.29) is 5.41 Å². The van der Waals surface area contributed by atoms with Crippen molar-refractivity contribution in [3.63, 3.8) is 0 Å². The molecule has 2 aliphatic rings. The number of hydrogen-bond donors (Lipinski definition) is 1. The Morgan fingerprint density at radius 2 is 1.54 bits per heavy atom. The van der Waals surface area contributed by atoms with Crippen molar-refractivity contribution in [2.75, 3.05) is 0 Å². The van der Waals surface area contributed by atoms with E-state index in [0.29, 0.717) is 5.92 Å². The van der Waals surface area contributed by atoms with Gasteiger partial charge in [-0.3, -0.25) is 0 Å². The van der Waals surface area contributed by atoms with Gasteiger partial charge >= 0.3 is 0 Å². The summed E-state index contributed by atoms with van der Waals surface area (Å²) >= 11 is 0. The van der Waals surface area contributed by atoms with Gasteiger partial charge in [-0.1, -0.05) is 108 Å². The van der Waals surface area contributed by atoms with Gasteiger partial charge in [-0.25, -0.2) is 0 Å². The minimum Gasteiger partial charge on any atom is -0.355 e. The molecule has 2 fully saturated rings. The molecule has 0 radical (unpaired) electrons. The highest BCUT2D eigenvalue weighted by molar-refractivity contribution is 6.08. The SMILES string of the molecule is CCC(C)(C)c1ccc2[nH]c3ccc(/C(=C4\CCCCC4C)c4ccccc4CC4CCCCC4)cc3c2c1. The van der Waals surface area contributed by atoms with Crippen LogP contribution >= 0.6 is 0 Å². The van der Waals surface area contributed by atoms with Crippen LogP contribution < -0.4 is 0 Å². The molecule has 1 heteroatoms. The lowest BCUT2D eigenvalue weighted by molar-refractivity contribution is 0.356. The van der Waals surface area contributed by atoms with Gasteiger partial charge in [0.05, 0.1) is 0 Å². The third kappa shape index (κ3) is 5.22. The third-order valence-corrected chi connectivity index (χ3v) is 10.3. The Labute approximate surface area is 236 Å². The third-order valence-electron chi connectivity index (χ3n) is 10.3. The van der Waals surface area contributed by atoms with Crippen molar-refractivity contribution in [3.8, 4) is 0 Å². The summed E-state index contributed by atoms with van der Waals surface area (Å²) in [6.07, 6.45) is 14.6. The van der Waals surface area contributed by atoms with Crippen molar-refractivity contribution >= 4 is 27.4 Å². The Kier molecular flexibility index (Phi) is 7.45. The van der Waals surface area contributed by atoms with Crippen molar-refractivity contribution in [1.82, 2.24) is 4.98 Å². The number of H-pyrrole nitrogens is 1. The fourth-order valence-electron chi connectivity index (χ4n) is 7.39. The van der Waals surface area contributed by atoms with Crippen LogP contribution in [0.3, 0.4) is 0 Å². The van der Waals surface area contributed by atoms with Gasteiger partial charge in [0, 0.05) is 21.8 Å².